The van der Waals surface area contributed by atoms with Crippen LogP contribution in [0.25, 0.3) is 16.7 Å². The Morgan fingerprint density at radius 2 is 1.86 bits per heavy atom. The highest BCUT2D eigenvalue weighted by Crippen LogP contribution is 2.28. The molecule has 144 valence electrons. The minimum Gasteiger partial charge on any atom is -0.276 e. The summed E-state index contributed by atoms with van der Waals surface area (Å²) >= 11 is 7.46. The highest BCUT2D eigenvalue weighted by atomic mass is 35.5. The Morgan fingerprint density at radius 1 is 1.11 bits per heavy atom. The molecule has 2 aromatic heterocycles. The third-order valence-electron chi connectivity index (χ3n) is 4.35. The smallest absolute Gasteiger partial charge is 0.262 e. The molecule has 0 atom stereocenters. The average molecular weight is 421 g/mol. The maximum Gasteiger partial charge on any atom is 0.262 e. The second kappa shape index (κ2) is 7.52. The number of fused-ring (bicyclic) bond motifs is 3. The van der Waals surface area contributed by atoms with Gasteiger partial charge in [0, 0.05) is 17.3 Å². The fraction of sp³-hybridized carbons (Fsp3) is 0.211. The van der Waals surface area contributed by atoms with Crippen LogP contribution in [0.1, 0.15) is 18.9 Å². The molecule has 4 aromatic rings. The Hall–Kier alpha value is -2.45. The van der Waals surface area contributed by atoms with Crippen LogP contribution in [0.4, 0.5) is 8.78 Å². The lowest BCUT2D eigenvalue weighted by Gasteiger charge is -2.10. The molecule has 0 saturated heterocycles. The number of nitrogens with zero attached hydrogens (tertiary/aromatic N) is 4. The second-order valence-electron chi connectivity index (χ2n) is 6.26. The maximum atomic E-state index is 13.8. The van der Waals surface area contributed by atoms with E-state index >= 15 is 0 Å². The van der Waals surface area contributed by atoms with Gasteiger partial charge in [-0.3, -0.25) is 13.8 Å². The summed E-state index contributed by atoms with van der Waals surface area (Å²) in [5.74, 6) is -0.0375. The molecule has 0 spiro atoms. The first-order chi connectivity index (χ1) is 13.5. The van der Waals surface area contributed by atoms with Crippen LogP contribution >= 0.6 is 23.4 Å². The predicted molar refractivity (Wildman–Crippen MR) is 106 cm³/mol. The van der Waals surface area contributed by atoms with Crippen molar-refractivity contribution in [2.45, 2.75) is 30.8 Å². The van der Waals surface area contributed by atoms with Crippen molar-refractivity contribution in [3.8, 4) is 0 Å². The SMILES string of the molecule is CCCn1c(=O)c2cc(F)ccc2n2c(SCc3ccc(F)cc3Cl)nnc12. The van der Waals surface area contributed by atoms with Crippen molar-refractivity contribution < 1.29 is 8.78 Å². The highest BCUT2D eigenvalue weighted by Gasteiger charge is 2.17. The van der Waals surface area contributed by atoms with E-state index in [1.807, 2.05) is 6.92 Å². The molecule has 28 heavy (non-hydrogen) atoms. The van der Waals surface area contributed by atoms with Crippen molar-refractivity contribution in [1.82, 2.24) is 19.2 Å². The first-order valence-electron chi connectivity index (χ1n) is 8.63. The quantitative estimate of drug-likeness (QED) is 0.440. The number of rotatable bonds is 5. The molecular weight excluding hydrogens is 406 g/mol. The zero-order chi connectivity index (χ0) is 19.8. The minimum absolute atomic E-state index is 0.266. The van der Waals surface area contributed by atoms with Crippen LogP contribution in [0.3, 0.4) is 0 Å². The Labute approximate surface area is 168 Å². The first-order valence-corrected chi connectivity index (χ1v) is 10.00. The normalized spacial score (nSPS) is 11.6. The van der Waals surface area contributed by atoms with Crippen molar-refractivity contribution in [2.75, 3.05) is 0 Å². The number of aromatic nitrogens is 4. The second-order valence-corrected chi connectivity index (χ2v) is 7.61. The molecular formula is C19H15ClF2N4OS. The van der Waals surface area contributed by atoms with Crippen molar-refractivity contribution in [1.29, 1.82) is 0 Å². The standard InChI is InChI=1S/C19H15ClF2N4OS/c1-2-7-25-17(27)14-8-12(21)5-6-16(14)26-18(25)23-24-19(26)28-10-11-3-4-13(22)9-15(11)20/h3-6,8-9H,2,7,10H2,1H3. The molecule has 0 aliphatic rings. The number of hydrogen-bond acceptors (Lipinski definition) is 4. The summed E-state index contributed by atoms with van der Waals surface area (Å²) < 4.78 is 30.3. The summed E-state index contributed by atoms with van der Waals surface area (Å²) in [5.41, 5.74) is 0.989. The maximum absolute atomic E-state index is 13.8. The summed E-state index contributed by atoms with van der Waals surface area (Å²) in [7, 11) is 0. The third kappa shape index (κ3) is 3.27. The van der Waals surface area contributed by atoms with Crippen LogP contribution in [0.5, 0.6) is 0 Å². The number of thioether (sulfide) groups is 1. The Bertz CT molecular complexity index is 1250. The van der Waals surface area contributed by atoms with Crippen LogP contribution in [-0.4, -0.2) is 19.2 Å². The van der Waals surface area contributed by atoms with Gasteiger partial charge in [-0.15, -0.1) is 10.2 Å². The molecule has 0 saturated carbocycles. The number of hydrogen-bond donors (Lipinski definition) is 0. The molecule has 0 aliphatic carbocycles. The summed E-state index contributed by atoms with van der Waals surface area (Å²) in [4.78, 5) is 12.8. The van der Waals surface area contributed by atoms with Gasteiger partial charge in [0.25, 0.3) is 5.56 Å². The van der Waals surface area contributed by atoms with E-state index < -0.39 is 11.6 Å². The van der Waals surface area contributed by atoms with E-state index in [0.717, 1.165) is 12.0 Å². The van der Waals surface area contributed by atoms with Gasteiger partial charge in [-0.2, -0.15) is 0 Å². The molecule has 0 bridgehead atoms. The summed E-state index contributed by atoms with van der Waals surface area (Å²) in [6.07, 6.45) is 0.719. The van der Waals surface area contributed by atoms with Crippen molar-refractivity contribution in [3.63, 3.8) is 0 Å². The molecule has 0 fully saturated rings. The Morgan fingerprint density at radius 3 is 2.61 bits per heavy atom. The lowest BCUT2D eigenvalue weighted by Crippen LogP contribution is -2.23. The minimum atomic E-state index is -0.479. The fourth-order valence-corrected chi connectivity index (χ4v) is 4.32. The van der Waals surface area contributed by atoms with Gasteiger partial charge in [0.1, 0.15) is 11.6 Å². The molecule has 9 heteroatoms. The number of aryl methyl sites for hydroxylation is 1. The van der Waals surface area contributed by atoms with E-state index in [4.69, 9.17) is 11.6 Å². The molecule has 0 aliphatic heterocycles. The topological polar surface area (TPSA) is 52.2 Å². The van der Waals surface area contributed by atoms with Crippen molar-refractivity contribution in [3.05, 3.63) is 69.0 Å². The highest BCUT2D eigenvalue weighted by molar-refractivity contribution is 7.98. The van der Waals surface area contributed by atoms with E-state index in [0.29, 0.717) is 33.8 Å². The Balaban J connectivity index is 1.85. The zero-order valence-electron chi connectivity index (χ0n) is 14.8. The van der Waals surface area contributed by atoms with Gasteiger partial charge >= 0.3 is 0 Å². The van der Waals surface area contributed by atoms with Crippen LogP contribution in [0.15, 0.2) is 46.3 Å². The van der Waals surface area contributed by atoms with Crippen LogP contribution in [0, 0.1) is 11.6 Å². The molecule has 2 heterocycles. The zero-order valence-corrected chi connectivity index (χ0v) is 16.4. The summed E-state index contributed by atoms with van der Waals surface area (Å²) in [6, 6.07) is 8.31. The van der Waals surface area contributed by atoms with E-state index in [2.05, 4.69) is 10.2 Å². The lowest BCUT2D eigenvalue weighted by atomic mass is 10.2. The van der Waals surface area contributed by atoms with Gasteiger partial charge in [0.15, 0.2) is 5.16 Å². The first kappa shape index (κ1) is 18.9. The van der Waals surface area contributed by atoms with E-state index in [1.165, 1.54) is 40.6 Å². The summed E-state index contributed by atoms with van der Waals surface area (Å²) in [5, 5.41) is 9.54. The van der Waals surface area contributed by atoms with Gasteiger partial charge < -0.3 is 0 Å². The number of halogens is 3. The largest absolute Gasteiger partial charge is 0.276 e. The van der Waals surface area contributed by atoms with E-state index in [9.17, 15) is 13.6 Å². The van der Waals surface area contributed by atoms with Gasteiger partial charge in [-0.1, -0.05) is 36.4 Å². The number of benzene rings is 2. The van der Waals surface area contributed by atoms with Gasteiger partial charge in [-0.05, 0) is 42.3 Å². The van der Waals surface area contributed by atoms with Crippen LogP contribution < -0.4 is 5.56 Å². The van der Waals surface area contributed by atoms with Crippen LogP contribution in [0.2, 0.25) is 5.02 Å². The molecule has 5 nitrogen and oxygen atoms in total. The average Bonchev–Trinajstić information content (AvgIpc) is 3.08. The molecule has 2 aromatic carbocycles. The monoisotopic (exact) mass is 420 g/mol. The van der Waals surface area contributed by atoms with E-state index in [-0.39, 0.29) is 10.9 Å². The van der Waals surface area contributed by atoms with E-state index in [1.54, 1.807) is 16.5 Å². The fourth-order valence-electron chi connectivity index (χ4n) is 3.06. The predicted octanol–water partition coefficient (Wildman–Crippen LogP) is 4.68. The van der Waals surface area contributed by atoms with Crippen molar-refractivity contribution in [2.24, 2.45) is 0 Å². The molecule has 0 unspecified atom stereocenters. The third-order valence-corrected chi connectivity index (χ3v) is 5.68. The molecule has 0 N–H and O–H groups in total. The van der Waals surface area contributed by atoms with Gasteiger partial charge in [0.2, 0.25) is 5.78 Å². The van der Waals surface area contributed by atoms with Crippen molar-refractivity contribution >= 4 is 40.0 Å². The molecule has 4 rings (SSSR count). The van der Waals surface area contributed by atoms with Gasteiger partial charge in [-0.25, -0.2) is 8.78 Å². The van der Waals surface area contributed by atoms with Crippen LogP contribution in [-0.2, 0) is 12.3 Å². The molecule has 0 amide bonds. The van der Waals surface area contributed by atoms with Gasteiger partial charge in [0.05, 0.1) is 10.9 Å². The lowest BCUT2D eigenvalue weighted by molar-refractivity contribution is 0.627. The molecule has 0 radical (unpaired) electrons. The summed E-state index contributed by atoms with van der Waals surface area (Å²) in [6.45, 7) is 2.39. The Kier molecular flexibility index (Phi) is 5.07.